The Morgan fingerprint density at radius 1 is 0.800 bits per heavy atom. The third-order valence-corrected chi connectivity index (χ3v) is 4.45. The van der Waals surface area contributed by atoms with Gasteiger partial charge in [0.2, 0.25) is 0 Å². The Hall–Kier alpha value is -1.40. The van der Waals surface area contributed by atoms with Crippen molar-refractivity contribution in [1.29, 1.82) is 0 Å². The van der Waals surface area contributed by atoms with E-state index in [9.17, 15) is 0 Å². The molecule has 0 radical (unpaired) electrons. The predicted molar refractivity (Wildman–Crippen MR) is 126 cm³/mol. The number of hydrogen-bond acceptors (Lipinski definition) is 0. The predicted octanol–water partition coefficient (Wildman–Crippen LogP) is 8.09. The summed E-state index contributed by atoms with van der Waals surface area (Å²) in [6, 6.07) is 26.4. The van der Waals surface area contributed by atoms with Gasteiger partial charge in [0, 0.05) is 26.2 Å². The van der Waals surface area contributed by atoms with E-state index in [1.165, 1.54) is 5.56 Å². The van der Waals surface area contributed by atoms with Crippen LogP contribution in [-0.4, -0.2) is 0 Å². The van der Waals surface area contributed by atoms with Gasteiger partial charge in [-0.3, -0.25) is 0 Å². The zero-order valence-electron chi connectivity index (χ0n) is 19.8. The van der Waals surface area contributed by atoms with Gasteiger partial charge >= 0.3 is 0 Å². The molecule has 0 aliphatic carbocycles. The quantitative estimate of drug-likeness (QED) is 0.317. The second-order valence-corrected chi connectivity index (χ2v) is 9.98. The molecule has 0 atom stereocenters. The van der Waals surface area contributed by atoms with Crippen LogP contribution in [0.4, 0.5) is 5.69 Å². The third-order valence-electron chi connectivity index (χ3n) is 4.45. The van der Waals surface area contributed by atoms with Gasteiger partial charge in [-0.15, -0.1) is 11.1 Å². The summed E-state index contributed by atoms with van der Waals surface area (Å²) < 4.78 is 0. The topological polar surface area (TPSA) is 23.8 Å². The number of rotatable bonds is 1. The molecule has 0 aliphatic heterocycles. The summed E-state index contributed by atoms with van der Waals surface area (Å²) in [6.45, 7) is 21.6. The van der Waals surface area contributed by atoms with E-state index in [-0.39, 0.29) is 42.4 Å². The van der Waals surface area contributed by atoms with Crippen LogP contribution in [-0.2, 0) is 42.4 Å². The van der Waals surface area contributed by atoms with Crippen molar-refractivity contribution in [3.63, 3.8) is 0 Å². The normalized spacial score (nSPS) is 11.4. The Morgan fingerprint density at radius 2 is 1.27 bits per heavy atom. The second kappa shape index (κ2) is 11.8. The fourth-order valence-corrected chi connectivity index (χ4v) is 2.70. The molecule has 0 spiro atoms. The summed E-state index contributed by atoms with van der Waals surface area (Å²) in [4.78, 5) is 0. The number of nitrogens with one attached hydrogen (secondary N) is 1. The fourth-order valence-electron chi connectivity index (χ4n) is 2.70. The molecule has 0 amide bonds. The van der Waals surface area contributed by atoms with Gasteiger partial charge in [0.15, 0.2) is 0 Å². The van der Waals surface area contributed by atoms with Gasteiger partial charge in [-0.1, -0.05) is 78.6 Å². The molecule has 1 N–H and O–H groups in total. The summed E-state index contributed by atoms with van der Waals surface area (Å²) in [5.41, 5.74) is 12.5. The van der Waals surface area contributed by atoms with Crippen LogP contribution in [0.15, 0.2) is 48.5 Å². The van der Waals surface area contributed by atoms with Gasteiger partial charge in [-0.2, -0.15) is 18.2 Å². The summed E-state index contributed by atoms with van der Waals surface area (Å²) in [5, 5.41) is 0. The molecule has 0 fully saturated rings. The van der Waals surface area contributed by atoms with E-state index >= 15 is 0 Å². The van der Waals surface area contributed by atoms with Crippen molar-refractivity contribution in [2.24, 2.45) is 0 Å². The van der Waals surface area contributed by atoms with Crippen molar-refractivity contribution in [2.45, 2.75) is 71.6 Å². The van der Waals surface area contributed by atoms with E-state index in [0.29, 0.717) is 5.69 Å². The van der Waals surface area contributed by atoms with Crippen LogP contribution in [0.5, 0.6) is 0 Å². The SMILES string of the molecule is [CH2-]C(C)(C)c1cc(C(C)(C)C)cc(C(C)(C)C)c1[NH-].[Zr].[c-]1[c-][c-][cH-][c-]1.c1cc[cH-]c1. The van der Waals surface area contributed by atoms with E-state index < -0.39 is 0 Å². The van der Waals surface area contributed by atoms with Gasteiger partial charge in [0.05, 0.1) is 0 Å². The third kappa shape index (κ3) is 9.61. The first-order valence-electron chi connectivity index (χ1n) is 10.0. The maximum atomic E-state index is 8.52. The Morgan fingerprint density at radius 3 is 1.53 bits per heavy atom. The summed E-state index contributed by atoms with van der Waals surface area (Å²) in [5.74, 6) is 0. The zero-order valence-corrected chi connectivity index (χ0v) is 22.3. The van der Waals surface area contributed by atoms with Crippen molar-refractivity contribution < 1.29 is 26.2 Å². The molecule has 0 aromatic heterocycles. The molecule has 0 unspecified atom stereocenters. The van der Waals surface area contributed by atoms with Gasteiger partial charge in [-0.25, -0.2) is 12.1 Å². The molecule has 0 saturated heterocycles. The smallest absolute Gasteiger partial charge is 0 e. The molecule has 0 saturated carbocycles. The molecule has 0 aliphatic rings. The standard InChI is InChI=1S/C18H29N.C5H5.C5H.Zr/c1-16(2,3)12-10-13(17(4,5)6)15(19)14(11-12)18(7,8)9;2*1-2-4-5-3-1;/h10-11,19H,4H2,1-3,5-9H3;1-5H;1H;/q-2;-1;-5;. The Labute approximate surface area is 205 Å². The van der Waals surface area contributed by atoms with E-state index in [1.54, 1.807) is 6.07 Å². The monoisotopic (exact) mass is 475 g/mol. The summed E-state index contributed by atoms with van der Waals surface area (Å²) in [6.07, 6.45) is 0. The molecule has 3 aromatic carbocycles. The molecule has 3 aromatic rings. The van der Waals surface area contributed by atoms with E-state index in [2.05, 4.69) is 98.7 Å². The van der Waals surface area contributed by atoms with Gasteiger partial charge in [0.25, 0.3) is 0 Å². The van der Waals surface area contributed by atoms with Crippen molar-refractivity contribution in [1.82, 2.24) is 0 Å². The molecule has 2 heteroatoms. The maximum Gasteiger partial charge on any atom is 0 e. The van der Waals surface area contributed by atoms with Crippen LogP contribution < -0.4 is 0 Å². The molecule has 1 nitrogen and oxygen atoms in total. The van der Waals surface area contributed by atoms with Gasteiger partial charge in [-0.05, 0) is 16.4 Å². The number of benzene rings is 1. The molecule has 3 rings (SSSR count). The van der Waals surface area contributed by atoms with E-state index in [1.807, 2.05) is 30.3 Å². The van der Waals surface area contributed by atoms with Gasteiger partial charge < -0.3 is 43.0 Å². The molecule has 0 bridgehead atoms. The fraction of sp³-hybridized carbons (Fsp3) is 0.393. The minimum absolute atomic E-state index is 0. The first kappa shape index (κ1) is 28.6. The Balaban J connectivity index is 0.000000617. The first-order chi connectivity index (χ1) is 13.2. The second-order valence-electron chi connectivity index (χ2n) is 9.98. The maximum absolute atomic E-state index is 8.52. The summed E-state index contributed by atoms with van der Waals surface area (Å²) in [7, 11) is 0. The zero-order chi connectivity index (χ0) is 22.3. The van der Waals surface area contributed by atoms with Crippen molar-refractivity contribution in [3.8, 4) is 0 Å². The molecule has 0 heterocycles. The van der Waals surface area contributed by atoms with Crippen molar-refractivity contribution in [2.75, 3.05) is 0 Å². The molecule has 30 heavy (non-hydrogen) atoms. The minimum Gasteiger partial charge on any atom is -0.999 e. The Bertz CT molecular complexity index is 709. The average Bonchev–Trinajstić information content (AvgIpc) is 3.30. The Kier molecular flexibility index (Phi) is 11.3. The van der Waals surface area contributed by atoms with Crippen LogP contribution in [0.25, 0.3) is 5.73 Å². The molecular formula is C28H35NZr-8. The van der Waals surface area contributed by atoms with Crippen LogP contribution in [0, 0.1) is 31.2 Å². The summed E-state index contributed by atoms with van der Waals surface area (Å²) >= 11 is 0. The van der Waals surface area contributed by atoms with Gasteiger partial charge in [0.1, 0.15) is 0 Å². The van der Waals surface area contributed by atoms with Crippen molar-refractivity contribution >= 4 is 5.69 Å². The molecular weight excluding hydrogens is 442 g/mol. The number of hydrogen-bond donors (Lipinski definition) is 0. The molecule has 164 valence electrons. The van der Waals surface area contributed by atoms with Crippen LogP contribution in [0.2, 0.25) is 0 Å². The van der Waals surface area contributed by atoms with Crippen LogP contribution in [0.3, 0.4) is 0 Å². The van der Waals surface area contributed by atoms with E-state index in [4.69, 9.17) is 5.73 Å². The largest absolute Gasteiger partial charge is 0.999 e. The van der Waals surface area contributed by atoms with Crippen molar-refractivity contribution in [3.05, 3.63) is 102 Å². The van der Waals surface area contributed by atoms with Crippen LogP contribution in [0.1, 0.15) is 72.1 Å². The average molecular weight is 477 g/mol. The van der Waals surface area contributed by atoms with E-state index in [0.717, 1.165) is 11.1 Å². The van der Waals surface area contributed by atoms with Crippen LogP contribution >= 0.6 is 0 Å². The first-order valence-corrected chi connectivity index (χ1v) is 10.0. The minimum atomic E-state index is -0.238.